The minimum Gasteiger partial charge on any atom is -0.371 e. The minimum atomic E-state index is 0.340. The minimum absolute atomic E-state index is 0.340. The Hall–Kier alpha value is -1.22. The maximum absolute atomic E-state index is 6.64. The zero-order valence-corrected chi connectivity index (χ0v) is 16.4. The molecule has 1 aliphatic carbocycles. The van der Waals surface area contributed by atoms with Crippen molar-refractivity contribution in [2.24, 2.45) is 0 Å². The highest BCUT2D eigenvalue weighted by Gasteiger charge is 2.37. The first-order valence-corrected chi connectivity index (χ1v) is 10.5. The van der Waals surface area contributed by atoms with Crippen LogP contribution >= 0.6 is 23.2 Å². The van der Waals surface area contributed by atoms with E-state index in [1.54, 1.807) is 0 Å². The van der Waals surface area contributed by atoms with E-state index in [2.05, 4.69) is 40.1 Å². The summed E-state index contributed by atoms with van der Waals surface area (Å²) in [5.41, 5.74) is 5.43. The molecule has 0 unspecified atom stereocenters. The maximum Gasteiger partial charge on any atom is 0.0468 e. The fourth-order valence-electron chi connectivity index (χ4n) is 4.71. The molecule has 0 spiro atoms. The van der Waals surface area contributed by atoms with E-state index in [1.165, 1.54) is 61.2 Å². The van der Waals surface area contributed by atoms with Gasteiger partial charge in [-0.25, -0.2) is 0 Å². The third-order valence-electron chi connectivity index (χ3n) is 6.17. The monoisotopic (exact) mass is 386 g/mol. The van der Waals surface area contributed by atoms with Gasteiger partial charge >= 0.3 is 0 Å². The van der Waals surface area contributed by atoms with Crippen LogP contribution in [0.15, 0.2) is 36.4 Å². The highest BCUT2D eigenvalue weighted by Crippen LogP contribution is 2.44. The largest absolute Gasteiger partial charge is 0.371 e. The van der Waals surface area contributed by atoms with Crippen molar-refractivity contribution in [3.8, 4) is 0 Å². The van der Waals surface area contributed by atoms with Crippen LogP contribution in [0, 0.1) is 0 Å². The smallest absolute Gasteiger partial charge is 0.0468 e. The van der Waals surface area contributed by atoms with Crippen LogP contribution in [0.4, 0.5) is 5.69 Å². The Morgan fingerprint density at radius 1 is 0.923 bits per heavy atom. The molecular formula is C22H24Cl2N2. The number of fused-ring (bicyclic) bond motifs is 1. The summed E-state index contributed by atoms with van der Waals surface area (Å²) in [6, 6.07) is 13.7. The number of anilines is 1. The van der Waals surface area contributed by atoms with Gasteiger partial charge in [0.1, 0.15) is 0 Å². The fourth-order valence-corrected chi connectivity index (χ4v) is 5.28. The molecule has 1 saturated carbocycles. The summed E-state index contributed by atoms with van der Waals surface area (Å²) in [6.07, 6.45) is 5.23. The van der Waals surface area contributed by atoms with Crippen molar-refractivity contribution in [3.63, 3.8) is 0 Å². The normalized spacial score (nSPS) is 23.3. The van der Waals surface area contributed by atoms with Crippen LogP contribution in [0.3, 0.4) is 0 Å². The molecule has 3 aliphatic rings. The van der Waals surface area contributed by atoms with Crippen molar-refractivity contribution in [1.82, 2.24) is 4.90 Å². The molecule has 0 radical (unpaired) electrons. The Bertz CT molecular complexity index is 825. The Kier molecular flexibility index (Phi) is 4.39. The number of para-hydroxylation sites is 1. The van der Waals surface area contributed by atoms with Crippen LogP contribution < -0.4 is 4.90 Å². The molecule has 2 heterocycles. The van der Waals surface area contributed by atoms with E-state index in [-0.39, 0.29) is 0 Å². The average molecular weight is 387 g/mol. The molecule has 1 saturated heterocycles. The van der Waals surface area contributed by atoms with Gasteiger partial charge in [-0.1, -0.05) is 41.4 Å². The average Bonchev–Trinajstić information content (AvgIpc) is 3.35. The summed E-state index contributed by atoms with van der Waals surface area (Å²) in [6.45, 7) is 4.36. The van der Waals surface area contributed by atoms with Gasteiger partial charge in [-0.05, 0) is 60.6 Å². The summed E-state index contributed by atoms with van der Waals surface area (Å²) >= 11 is 13.0. The first kappa shape index (κ1) is 16.9. The molecule has 0 N–H and O–H groups in total. The summed E-state index contributed by atoms with van der Waals surface area (Å²) in [5.74, 6) is 0.340. The predicted molar refractivity (Wildman–Crippen MR) is 110 cm³/mol. The zero-order valence-electron chi connectivity index (χ0n) is 14.9. The van der Waals surface area contributed by atoms with Crippen LogP contribution in [-0.2, 0) is 6.54 Å². The molecule has 136 valence electrons. The first-order valence-electron chi connectivity index (χ1n) is 9.76. The van der Waals surface area contributed by atoms with Crippen molar-refractivity contribution < 1.29 is 0 Å². The van der Waals surface area contributed by atoms with Gasteiger partial charge in [0.25, 0.3) is 0 Å². The molecule has 0 bridgehead atoms. The van der Waals surface area contributed by atoms with Gasteiger partial charge in [0.15, 0.2) is 0 Å². The van der Waals surface area contributed by atoms with Gasteiger partial charge in [-0.15, -0.1) is 0 Å². The number of hydrogen-bond acceptors (Lipinski definition) is 2. The molecule has 4 heteroatoms. The van der Waals surface area contributed by atoms with Crippen molar-refractivity contribution >= 4 is 28.9 Å². The molecule has 0 aromatic heterocycles. The second-order valence-corrected chi connectivity index (χ2v) is 8.77. The lowest BCUT2D eigenvalue weighted by Gasteiger charge is -2.37. The number of hydrogen-bond donors (Lipinski definition) is 0. The first-order chi connectivity index (χ1) is 12.7. The summed E-state index contributed by atoms with van der Waals surface area (Å²) < 4.78 is 0. The van der Waals surface area contributed by atoms with Crippen LogP contribution in [0.2, 0.25) is 10.0 Å². The summed E-state index contributed by atoms with van der Waals surface area (Å²) in [4.78, 5) is 5.19. The van der Waals surface area contributed by atoms with E-state index in [0.717, 1.165) is 29.2 Å². The molecule has 5 rings (SSSR count). The van der Waals surface area contributed by atoms with E-state index in [4.69, 9.17) is 23.2 Å². The van der Waals surface area contributed by atoms with E-state index < -0.39 is 0 Å². The summed E-state index contributed by atoms with van der Waals surface area (Å²) in [7, 11) is 0. The quantitative estimate of drug-likeness (QED) is 0.666. The fraction of sp³-hybridized carbons (Fsp3) is 0.455. The Morgan fingerprint density at radius 3 is 2.46 bits per heavy atom. The highest BCUT2D eigenvalue weighted by atomic mass is 35.5. The number of nitrogens with zero attached hydrogens (tertiary/aromatic N) is 2. The second kappa shape index (κ2) is 6.74. The molecule has 2 aliphatic heterocycles. The third-order valence-corrected chi connectivity index (χ3v) is 6.73. The molecule has 2 aromatic carbocycles. The molecule has 0 amide bonds. The standard InChI is InChI=1S/C22H24Cl2N2/c23-15-11-18-19(13-26(16-7-8-16)14-20(18)21(24)12-15)17-5-1-2-6-22(17)25-9-3-4-10-25/h1-2,5-6,11-12,16,19H,3-4,7-10,13-14H2/t19-/m1/s1. The lowest BCUT2D eigenvalue weighted by atomic mass is 9.83. The molecular weight excluding hydrogens is 363 g/mol. The van der Waals surface area contributed by atoms with E-state index >= 15 is 0 Å². The lowest BCUT2D eigenvalue weighted by molar-refractivity contribution is 0.230. The van der Waals surface area contributed by atoms with Gasteiger partial charge in [0, 0.05) is 53.9 Å². The van der Waals surface area contributed by atoms with Gasteiger partial charge in [-0.3, -0.25) is 4.90 Å². The maximum atomic E-state index is 6.64. The van der Waals surface area contributed by atoms with Gasteiger partial charge in [-0.2, -0.15) is 0 Å². The summed E-state index contributed by atoms with van der Waals surface area (Å²) in [5, 5.41) is 1.57. The second-order valence-electron chi connectivity index (χ2n) is 7.92. The van der Waals surface area contributed by atoms with Crippen molar-refractivity contribution in [1.29, 1.82) is 0 Å². The Morgan fingerprint density at radius 2 is 1.69 bits per heavy atom. The molecule has 2 nitrogen and oxygen atoms in total. The SMILES string of the molecule is Clc1cc(Cl)c2c(c1)[C@@H](c1ccccc1N1CCCC1)CN(C1CC1)C2. The molecule has 2 aromatic rings. The Labute approximate surface area is 165 Å². The lowest BCUT2D eigenvalue weighted by Crippen LogP contribution is -2.36. The van der Waals surface area contributed by atoms with Crippen LogP contribution in [0.25, 0.3) is 0 Å². The van der Waals surface area contributed by atoms with E-state index in [9.17, 15) is 0 Å². The number of rotatable bonds is 3. The Balaban J connectivity index is 1.62. The van der Waals surface area contributed by atoms with Crippen molar-refractivity contribution in [2.45, 2.75) is 44.2 Å². The predicted octanol–water partition coefficient (Wildman–Crippen LogP) is 5.70. The van der Waals surface area contributed by atoms with Gasteiger partial charge < -0.3 is 4.90 Å². The molecule has 1 atom stereocenters. The zero-order chi connectivity index (χ0) is 17.7. The van der Waals surface area contributed by atoms with E-state index in [1.807, 2.05) is 6.07 Å². The van der Waals surface area contributed by atoms with Crippen LogP contribution in [0.1, 0.15) is 48.3 Å². The number of halogens is 2. The van der Waals surface area contributed by atoms with Gasteiger partial charge in [0.05, 0.1) is 0 Å². The molecule has 26 heavy (non-hydrogen) atoms. The van der Waals surface area contributed by atoms with Crippen LogP contribution in [-0.4, -0.2) is 30.6 Å². The third kappa shape index (κ3) is 3.02. The van der Waals surface area contributed by atoms with Crippen molar-refractivity contribution in [2.75, 3.05) is 24.5 Å². The number of benzene rings is 2. The van der Waals surface area contributed by atoms with Crippen LogP contribution in [0.5, 0.6) is 0 Å². The van der Waals surface area contributed by atoms with Gasteiger partial charge in [0.2, 0.25) is 0 Å². The molecule has 2 fully saturated rings. The van der Waals surface area contributed by atoms with Crippen molar-refractivity contribution in [3.05, 3.63) is 63.1 Å². The topological polar surface area (TPSA) is 6.48 Å². The van der Waals surface area contributed by atoms with E-state index in [0.29, 0.717) is 5.92 Å². The highest BCUT2D eigenvalue weighted by molar-refractivity contribution is 6.35.